The van der Waals surface area contributed by atoms with Crippen LogP contribution in [0.1, 0.15) is 33.1 Å². The average molecular weight is 344 g/mol. The van der Waals surface area contributed by atoms with Crippen LogP contribution in [0.5, 0.6) is 0 Å². The van der Waals surface area contributed by atoms with Crippen molar-refractivity contribution in [3.05, 3.63) is 21.0 Å². The third-order valence-electron chi connectivity index (χ3n) is 3.70. The van der Waals surface area contributed by atoms with E-state index in [4.69, 9.17) is 0 Å². The summed E-state index contributed by atoms with van der Waals surface area (Å²) in [6.07, 6.45) is 4.43. The minimum Gasteiger partial charge on any atom is -0.393 e. The maximum Gasteiger partial charge on any atom is 0.283 e. The topological polar surface area (TPSA) is 67.2 Å². The first-order valence-electron chi connectivity index (χ1n) is 7.16. The van der Waals surface area contributed by atoms with E-state index in [1.807, 2.05) is 0 Å². The van der Waals surface area contributed by atoms with E-state index in [1.54, 1.807) is 6.20 Å². The van der Waals surface area contributed by atoms with Crippen molar-refractivity contribution in [2.24, 2.45) is 11.8 Å². The van der Waals surface area contributed by atoms with Gasteiger partial charge in [-0.25, -0.2) is 4.68 Å². The van der Waals surface area contributed by atoms with E-state index in [0.29, 0.717) is 29.2 Å². The van der Waals surface area contributed by atoms with Crippen molar-refractivity contribution >= 4 is 21.6 Å². The smallest absolute Gasteiger partial charge is 0.283 e. The first-order chi connectivity index (χ1) is 9.49. The van der Waals surface area contributed by atoms with Crippen molar-refractivity contribution < 1.29 is 5.11 Å². The van der Waals surface area contributed by atoms with Crippen molar-refractivity contribution in [3.8, 4) is 0 Å². The number of hydrogen-bond donors (Lipinski definition) is 2. The fourth-order valence-electron chi connectivity index (χ4n) is 2.56. The summed E-state index contributed by atoms with van der Waals surface area (Å²) in [5, 5.41) is 17.2. The number of nitrogens with one attached hydrogen (secondary N) is 1. The molecule has 1 aromatic heterocycles. The molecule has 2 unspecified atom stereocenters. The van der Waals surface area contributed by atoms with Gasteiger partial charge in [-0.1, -0.05) is 20.3 Å². The van der Waals surface area contributed by atoms with Crippen LogP contribution in [0.25, 0.3) is 0 Å². The van der Waals surface area contributed by atoms with Gasteiger partial charge in [-0.15, -0.1) is 0 Å². The summed E-state index contributed by atoms with van der Waals surface area (Å²) in [4.78, 5) is 12.1. The predicted octanol–water partition coefficient (Wildman–Crippen LogP) is 2.23. The number of aromatic nitrogens is 2. The van der Waals surface area contributed by atoms with Crippen LogP contribution in [0.2, 0.25) is 0 Å². The Balaban J connectivity index is 2.05. The average Bonchev–Trinajstić information content (AvgIpc) is 2.79. The third-order valence-corrected chi connectivity index (χ3v) is 4.46. The molecule has 112 valence electrons. The van der Waals surface area contributed by atoms with Crippen LogP contribution >= 0.6 is 15.9 Å². The summed E-state index contributed by atoms with van der Waals surface area (Å²) >= 11 is 3.35. The van der Waals surface area contributed by atoms with Crippen LogP contribution in [0.15, 0.2) is 15.5 Å². The Hall–Kier alpha value is -0.880. The molecule has 6 heteroatoms. The molecule has 1 fully saturated rings. The van der Waals surface area contributed by atoms with Crippen LogP contribution in [-0.4, -0.2) is 27.5 Å². The van der Waals surface area contributed by atoms with Crippen LogP contribution in [0.3, 0.4) is 0 Å². The van der Waals surface area contributed by atoms with E-state index in [2.05, 4.69) is 40.2 Å². The fraction of sp³-hybridized carbons (Fsp3) is 0.714. The largest absolute Gasteiger partial charge is 0.393 e. The van der Waals surface area contributed by atoms with Gasteiger partial charge in [-0.05, 0) is 34.7 Å². The molecule has 2 N–H and O–H groups in total. The van der Waals surface area contributed by atoms with Gasteiger partial charge in [0, 0.05) is 19.0 Å². The standard InChI is InChI=1S/C14H22BrN3O2/c1-9(2)8-18-14(20)13(15)11(7-17-18)16-6-10-4-3-5-12(10)19/h7,9-10,12,16,19H,3-6,8H2,1-2H3. The maximum absolute atomic E-state index is 12.1. The highest BCUT2D eigenvalue weighted by Crippen LogP contribution is 2.26. The predicted molar refractivity (Wildman–Crippen MR) is 82.9 cm³/mol. The van der Waals surface area contributed by atoms with Crippen LogP contribution in [0, 0.1) is 11.8 Å². The lowest BCUT2D eigenvalue weighted by Gasteiger charge is -2.17. The molecule has 0 aliphatic heterocycles. The van der Waals surface area contributed by atoms with Gasteiger partial charge in [0.1, 0.15) is 4.47 Å². The fourth-order valence-corrected chi connectivity index (χ4v) is 3.01. The highest BCUT2D eigenvalue weighted by Gasteiger charge is 2.25. The molecule has 1 aromatic rings. The molecule has 0 radical (unpaired) electrons. The van der Waals surface area contributed by atoms with Gasteiger partial charge >= 0.3 is 0 Å². The molecule has 1 saturated carbocycles. The van der Waals surface area contributed by atoms with Crippen LogP contribution < -0.4 is 10.9 Å². The van der Waals surface area contributed by atoms with Gasteiger partial charge < -0.3 is 10.4 Å². The normalized spacial score (nSPS) is 22.4. The monoisotopic (exact) mass is 343 g/mol. The summed E-state index contributed by atoms with van der Waals surface area (Å²) in [5.41, 5.74) is 0.588. The first kappa shape index (κ1) is 15.5. The van der Waals surface area contributed by atoms with Gasteiger partial charge in [-0.2, -0.15) is 5.10 Å². The minimum atomic E-state index is -0.226. The minimum absolute atomic E-state index is 0.115. The van der Waals surface area contributed by atoms with Gasteiger partial charge in [0.05, 0.1) is 18.0 Å². The summed E-state index contributed by atoms with van der Waals surface area (Å²) in [7, 11) is 0. The third kappa shape index (κ3) is 3.61. The molecule has 0 bridgehead atoms. The molecule has 0 aromatic carbocycles. The number of hydrogen-bond acceptors (Lipinski definition) is 4. The Morgan fingerprint density at radius 2 is 2.30 bits per heavy atom. The maximum atomic E-state index is 12.1. The Morgan fingerprint density at radius 1 is 1.55 bits per heavy atom. The van der Waals surface area contributed by atoms with E-state index >= 15 is 0 Å². The lowest BCUT2D eigenvalue weighted by molar-refractivity contribution is 0.138. The Morgan fingerprint density at radius 3 is 2.90 bits per heavy atom. The number of aliphatic hydroxyl groups excluding tert-OH is 1. The zero-order chi connectivity index (χ0) is 14.7. The summed E-state index contributed by atoms with van der Waals surface area (Å²) in [6.45, 7) is 5.39. The van der Waals surface area contributed by atoms with Gasteiger partial charge in [-0.3, -0.25) is 4.79 Å². The Labute approximate surface area is 127 Å². The molecule has 20 heavy (non-hydrogen) atoms. The molecule has 0 saturated heterocycles. The summed E-state index contributed by atoms with van der Waals surface area (Å²) < 4.78 is 1.99. The second-order valence-corrected chi connectivity index (χ2v) is 6.69. The first-order valence-corrected chi connectivity index (χ1v) is 7.96. The Bertz CT molecular complexity index is 516. The molecule has 1 aliphatic carbocycles. The van der Waals surface area contributed by atoms with Gasteiger partial charge in [0.25, 0.3) is 5.56 Å². The van der Waals surface area contributed by atoms with Crippen molar-refractivity contribution in [1.29, 1.82) is 0 Å². The number of aliphatic hydroxyl groups is 1. The van der Waals surface area contributed by atoms with Crippen LogP contribution in [-0.2, 0) is 6.54 Å². The van der Waals surface area contributed by atoms with Crippen LogP contribution in [0.4, 0.5) is 5.69 Å². The number of nitrogens with zero attached hydrogens (tertiary/aromatic N) is 2. The zero-order valence-electron chi connectivity index (χ0n) is 12.0. The van der Waals surface area contributed by atoms with Crippen molar-refractivity contribution in [2.75, 3.05) is 11.9 Å². The van der Waals surface area contributed by atoms with Gasteiger partial charge in [0.2, 0.25) is 0 Å². The zero-order valence-corrected chi connectivity index (χ0v) is 13.6. The molecule has 2 rings (SSSR count). The molecule has 1 aliphatic rings. The highest BCUT2D eigenvalue weighted by molar-refractivity contribution is 9.10. The van der Waals surface area contributed by atoms with Crippen molar-refractivity contribution in [3.63, 3.8) is 0 Å². The molecule has 0 amide bonds. The van der Waals surface area contributed by atoms with E-state index in [1.165, 1.54) is 4.68 Å². The lowest BCUT2D eigenvalue weighted by Crippen LogP contribution is -2.28. The summed E-state index contributed by atoms with van der Waals surface area (Å²) in [6, 6.07) is 0. The van der Waals surface area contributed by atoms with Crippen molar-refractivity contribution in [2.45, 2.75) is 45.8 Å². The van der Waals surface area contributed by atoms with E-state index in [-0.39, 0.29) is 17.6 Å². The molecule has 5 nitrogen and oxygen atoms in total. The van der Waals surface area contributed by atoms with Gasteiger partial charge in [0.15, 0.2) is 0 Å². The molecular formula is C14H22BrN3O2. The lowest BCUT2D eigenvalue weighted by atomic mass is 10.1. The van der Waals surface area contributed by atoms with E-state index in [9.17, 15) is 9.90 Å². The number of anilines is 1. The second kappa shape index (κ2) is 6.72. The molecule has 1 heterocycles. The number of halogens is 1. The Kier molecular flexibility index (Phi) is 5.21. The molecule has 0 spiro atoms. The van der Waals surface area contributed by atoms with Crippen molar-refractivity contribution in [1.82, 2.24) is 9.78 Å². The SMILES string of the molecule is CC(C)Cn1ncc(NCC2CCCC2O)c(Br)c1=O. The highest BCUT2D eigenvalue weighted by atomic mass is 79.9. The quantitative estimate of drug-likeness (QED) is 0.860. The summed E-state index contributed by atoms with van der Waals surface area (Å²) in [5.74, 6) is 0.638. The van der Waals surface area contributed by atoms with E-state index in [0.717, 1.165) is 19.3 Å². The molecule has 2 atom stereocenters. The molecular weight excluding hydrogens is 322 g/mol. The number of rotatable bonds is 5. The van der Waals surface area contributed by atoms with E-state index < -0.39 is 0 Å². The second-order valence-electron chi connectivity index (χ2n) is 5.89.